The van der Waals surface area contributed by atoms with E-state index < -0.39 is 0 Å². The Hall–Kier alpha value is -2.90. The molecule has 3 aromatic carbocycles. The molecule has 6 heteroatoms. The van der Waals surface area contributed by atoms with Gasteiger partial charge in [0.2, 0.25) is 0 Å². The maximum atomic E-state index is 6.45. The molecule has 0 amide bonds. The number of rotatable bonds is 19. The molecular weight excluding hydrogens is 507 g/mol. The lowest BCUT2D eigenvalue weighted by atomic mass is 9.70. The smallest absolute Gasteiger partial charge is 0.418 e. The van der Waals surface area contributed by atoms with Crippen LogP contribution < -0.4 is 15.5 Å². The number of likely N-dealkylation sites (N-methyl/N-ethyl adjacent to an activating group) is 1. The molecule has 3 rings (SSSR count). The minimum Gasteiger partial charge on any atom is -0.492 e. The van der Waals surface area contributed by atoms with Gasteiger partial charge >= 0.3 is 7.05 Å². The Balaban J connectivity index is 2.03. The Morgan fingerprint density at radius 2 is 1.44 bits per heavy atom. The van der Waals surface area contributed by atoms with Crippen LogP contribution in [0.25, 0.3) is 11.1 Å². The van der Waals surface area contributed by atoms with E-state index in [-0.39, 0.29) is 7.05 Å². The van der Waals surface area contributed by atoms with Crippen molar-refractivity contribution >= 4 is 23.7 Å². The minimum absolute atomic E-state index is 0.0908. The molecule has 0 aliphatic heterocycles. The van der Waals surface area contributed by atoms with Crippen molar-refractivity contribution in [3.63, 3.8) is 0 Å². The monoisotopic (exact) mass is 556 g/mol. The van der Waals surface area contributed by atoms with E-state index in [1.807, 2.05) is 7.05 Å². The molecule has 0 unspecified atom stereocenters. The third-order valence-electron chi connectivity index (χ3n) is 7.22. The first-order valence-electron chi connectivity index (χ1n) is 15.3. The number of unbranched alkanes of at least 4 members (excludes halogenated alkanes) is 1. The van der Waals surface area contributed by atoms with Crippen LogP contribution in [-0.2, 0) is 9.39 Å². The molecule has 3 aromatic rings. The van der Waals surface area contributed by atoms with Crippen LogP contribution >= 0.6 is 0 Å². The highest BCUT2D eigenvalue weighted by Gasteiger charge is 2.27. The molecule has 0 bridgehead atoms. The second-order valence-corrected chi connectivity index (χ2v) is 10.3. The van der Waals surface area contributed by atoms with Crippen LogP contribution in [0.1, 0.15) is 63.1 Å². The fraction of sp³-hybridized carbons (Fsp3) is 0.429. The maximum absolute atomic E-state index is 6.45. The van der Waals surface area contributed by atoms with Gasteiger partial charge < -0.3 is 24.3 Å². The number of benzene rings is 3. The number of hydrogen-bond acceptors (Lipinski definition) is 5. The molecule has 0 aliphatic rings. The Morgan fingerprint density at radius 3 is 2.02 bits per heavy atom. The van der Waals surface area contributed by atoms with E-state index in [2.05, 4.69) is 110 Å². The van der Waals surface area contributed by atoms with Gasteiger partial charge in [-0.3, -0.25) is 0 Å². The van der Waals surface area contributed by atoms with Gasteiger partial charge in [-0.15, -0.1) is 0 Å². The molecule has 0 aromatic heterocycles. The van der Waals surface area contributed by atoms with Crippen LogP contribution in [0.3, 0.4) is 0 Å². The second kappa shape index (κ2) is 18.5. The van der Waals surface area contributed by atoms with Crippen molar-refractivity contribution in [1.82, 2.24) is 10.1 Å². The molecule has 0 radical (unpaired) electrons. The van der Waals surface area contributed by atoms with Gasteiger partial charge in [0, 0.05) is 26.8 Å². The highest BCUT2D eigenvalue weighted by atomic mass is 16.5. The lowest BCUT2D eigenvalue weighted by Gasteiger charge is -2.29. The summed E-state index contributed by atoms with van der Waals surface area (Å²) in [6.07, 6.45) is 4.19. The van der Waals surface area contributed by atoms with Gasteiger partial charge in [0.15, 0.2) is 0 Å². The summed E-state index contributed by atoms with van der Waals surface area (Å²) in [5.74, 6) is 0.885. The molecule has 0 saturated heterocycles. The summed E-state index contributed by atoms with van der Waals surface area (Å²) < 4.78 is 17.8. The Labute approximate surface area is 249 Å². The zero-order valence-corrected chi connectivity index (χ0v) is 25.8. The summed E-state index contributed by atoms with van der Waals surface area (Å²) in [5, 5.41) is 3.13. The summed E-state index contributed by atoms with van der Waals surface area (Å²) in [7, 11) is 3.61. The number of ether oxygens (including phenoxy) is 2. The predicted octanol–water partition coefficient (Wildman–Crippen LogP) is 6.52. The van der Waals surface area contributed by atoms with Crippen LogP contribution in [0.15, 0.2) is 78.9 Å². The molecule has 0 spiro atoms. The molecular formula is C35H49BN2O3. The van der Waals surface area contributed by atoms with Gasteiger partial charge in [-0.25, -0.2) is 0 Å². The summed E-state index contributed by atoms with van der Waals surface area (Å²) >= 11 is 0. The minimum atomic E-state index is -0.0908. The molecule has 41 heavy (non-hydrogen) atoms. The van der Waals surface area contributed by atoms with Gasteiger partial charge in [0.05, 0.1) is 6.61 Å². The van der Waals surface area contributed by atoms with Gasteiger partial charge in [-0.2, -0.15) is 0 Å². The molecule has 1 N–H and O–H groups in total. The first-order valence-corrected chi connectivity index (χ1v) is 15.3. The average Bonchev–Trinajstić information content (AvgIpc) is 3.02. The van der Waals surface area contributed by atoms with Gasteiger partial charge in [0.25, 0.3) is 0 Å². The van der Waals surface area contributed by atoms with E-state index in [0.717, 1.165) is 57.7 Å². The SMILES string of the molecule is CCCCN(CCOC)B(OCCC)c1ccc(C(=C(CC)c2ccccc2)c2ccc(OCCNC)cc2)cc1. The molecule has 0 atom stereocenters. The summed E-state index contributed by atoms with van der Waals surface area (Å²) in [5.41, 5.74) is 7.39. The lowest BCUT2D eigenvalue weighted by Crippen LogP contribution is -2.52. The molecule has 0 saturated carbocycles. The van der Waals surface area contributed by atoms with Crippen LogP contribution in [0.4, 0.5) is 0 Å². The van der Waals surface area contributed by atoms with Crippen LogP contribution in [0.2, 0.25) is 0 Å². The Morgan fingerprint density at radius 1 is 0.756 bits per heavy atom. The number of hydrogen-bond donors (Lipinski definition) is 1. The summed E-state index contributed by atoms with van der Waals surface area (Å²) in [4.78, 5) is 2.42. The Bertz CT molecular complexity index is 1140. The maximum Gasteiger partial charge on any atom is 0.418 e. The molecule has 0 fully saturated rings. The number of allylic oxidation sites excluding steroid dienone is 1. The normalized spacial score (nSPS) is 12.0. The topological polar surface area (TPSA) is 43.0 Å². The van der Waals surface area contributed by atoms with Crippen LogP contribution in [-0.4, -0.2) is 65.5 Å². The lowest BCUT2D eigenvalue weighted by molar-refractivity contribution is 0.166. The fourth-order valence-electron chi connectivity index (χ4n) is 5.04. The van der Waals surface area contributed by atoms with Gasteiger partial charge in [-0.05, 0) is 78.3 Å². The quantitative estimate of drug-likeness (QED) is 0.103. The van der Waals surface area contributed by atoms with Crippen molar-refractivity contribution in [2.24, 2.45) is 0 Å². The fourth-order valence-corrected chi connectivity index (χ4v) is 5.04. The van der Waals surface area contributed by atoms with E-state index in [4.69, 9.17) is 14.1 Å². The van der Waals surface area contributed by atoms with Crippen molar-refractivity contribution in [3.05, 3.63) is 95.6 Å². The number of nitrogens with one attached hydrogen (secondary N) is 1. The van der Waals surface area contributed by atoms with Crippen molar-refractivity contribution in [1.29, 1.82) is 0 Å². The van der Waals surface area contributed by atoms with Crippen LogP contribution in [0.5, 0.6) is 5.75 Å². The van der Waals surface area contributed by atoms with Gasteiger partial charge in [0.1, 0.15) is 12.4 Å². The summed E-state index contributed by atoms with van der Waals surface area (Å²) in [6.45, 7) is 11.3. The first-order chi connectivity index (χ1) is 20.2. The van der Waals surface area contributed by atoms with Gasteiger partial charge in [-0.1, -0.05) is 93.9 Å². The van der Waals surface area contributed by atoms with Crippen molar-refractivity contribution in [2.45, 2.75) is 46.5 Å². The second-order valence-electron chi connectivity index (χ2n) is 10.3. The molecule has 0 heterocycles. The standard InChI is InChI=1S/C35H49BN2O3/c1-6-9-24-38(25-28-39-5)36(41-26-7-2)32-19-15-30(16-20-32)35(34(8-3)29-13-11-10-12-14-29)31-17-21-33(22-18-31)40-27-23-37-4/h10-22,37H,6-9,23-28H2,1-5H3. The zero-order chi connectivity index (χ0) is 29.3. The van der Waals surface area contributed by atoms with Crippen molar-refractivity contribution in [3.8, 4) is 5.75 Å². The van der Waals surface area contributed by atoms with E-state index in [1.54, 1.807) is 7.11 Å². The summed E-state index contributed by atoms with van der Waals surface area (Å²) in [6, 6.07) is 28.3. The molecule has 220 valence electrons. The van der Waals surface area contributed by atoms with Crippen molar-refractivity contribution < 1.29 is 14.1 Å². The number of methoxy groups -OCH3 is 1. The molecule has 5 nitrogen and oxygen atoms in total. The first kappa shape index (κ1) is 32.6. The van der Waals surface area contributed by atoms with Crippen molar-refractivity contribution in [2.75, 3.05) is 53.6 Å². The largest absolute Gasteiger partial charge is 0.492 e. The highest BCUT2D eigenvalue weighted by Crippen LogP contribution is 2.34. The zero-order valence-electron chi connectivity index (χ0n) is 25.8. The number of nitrogens with zero attached hydrogens (tertiary/aromatic N) is 1. The third-order valence-corrected chi connectivity index (χ3v) is 7.22. The van der Waals surface area contributed by atoms with E-state index in [9.17, 15) is 0 Å². The van der Waals surface area contributed by atoms with E-state index in [0.29, 0.717) is 13.2 Å². The third kappa shape index (κ3) is 9.86. The molecule has 0 aliphatic carbocycles. The van der Waals surface area contributed by atoms with E-state index >= 15 is 0 Å². The predicted molar refractivity (Wildman–Crippen MR) is 175 cm³/mol. The Kier molecular flexibility index (Phi) is 14.7. The highest BCUT2D eigenvalue weighted by molar-refractivity contribution is 6.64. The van der Waals surface area contributed by atoms with Crippen LogP contribution in [0, 0.1) is 0 Å². The average molecular weight is 557 g/mol. The van der Waals surface area contributed by atoms with E-state index in [1.165, 1.54) is 33.3 Å².